The molecule has 0 amide bonds. The van der Waals surface area contributed by atoms with Gasteiger partial charge in [-0.1, -0.05) is 6.92 Å². The summed E-state index contributed by atoms with van der Waals surface area (Å²) in [6.45, 7) is 5.40. The zero-order valence-corrected chi connectivity index (χ0v) is 11.1. The third-order valence-electron chi connectivity index (χ3n) is 3.54. The molecule has 1 fully saturated rings. The average molecular weight is 250 g/mol. The van der Waals surface area contributed by atoms with Crippen LogP contribution in [0.5, 0.6) is 0 Å². The molecule has 18 heavy (non-hydrogen) atoms. The van der Waals surface area contributed by atoms with Gasteiger partial charge in [-0.25, -0.2) is 0 Å². The van der Waals surface area contributed by atoms with E-state index in [9.17, 15) is 10.2 Å². The van der Waals surface area contributed by atoms with Crippen LogP contribution in [0.1, 0.15) is 44.9 Å². The number of nitrogens with zero attached hydrogens (tertiary/aromatic N) is 2. The molecule has 1 aromatic heterocycles. The molecule has 2 N–H and O–H groups in total. The third kappa shape index (κ3) is 3.00. The van der Waals surface area contributed by atoms with Crippen LogP contribution in [0.15, 0.2) is 18.3 Å². The smallest absolute Gasteiger partial charge is 0.0957 e. The fourth-order valence-electron chi connectivity index (χ4n) is 2.43. The Hall–Kier alpha value is -1.13. The lowest BCUT2D eigenvalue weighted by atomic mass is 9.95. The van der Waals surface area contributed by atoms with Gasteiger partial charge < -0.3 is 15.1 Å². The van der Waals surface area contributed by atoms with Crippen LogP contribution in [0.25, 0.3) is 0 Å². The maximum atomic E-state index is 10.1. The summed E-state index contributed by atoms with van der Waals surface area (Å²) < 4.78 is 0. The van der Waals surface area contributed by atoms with Crippen molar-refractivity contribution in [3.8, 4) is 0 Å². The number of rotatable bonds is 3. The van der Waals surface area contributed by atoms with Gasteiger partial charge in [-0.2, -0.15) is 0 Å². The zero-order valence-electron chi connectivity index (χ0n) is 11.1. The number of hydrogen-bond acceptors (Lipinski definition) is 4. The van der Waals surface area contributed by atoms with Crippen LogP contribution < -0.4 is 4.90 Å². The first-order valence-electron chi connectivity index (χ1n) is 6.63. The highest BCUT2D eigenvalue weighted by molar-refractivity contribution is 5.45. The first-order valence-corrected chi connectivity index (χ1v) is 6.63. The standard InChI is InChI=1S/C14H22N2O2/c1-3-13(17)12-6-5-11(9-15-12)16-8-4-7-14(2,18)10-16/h5-6,9,13,17-18H,3-4,7-8,10H2,1-2H3/t13-,14?/m1/s1. The van der Waals surface area contributed by atoms with Gasteiger partial charge in [0.15, 0.2) is 0 Å². The van der Waals surface area contributed by atoms with Crippen molar-refractivity contribution in [3.05, 3.63) is 24.0 Å². The quantitative estimate of drug-likeness (QED) is 0.860. The van der Waals surface area contributed by atoms with Gasteiger partial charge in [-0.3, -0.25) is 4.98 Å². The van der Waals surface area contributed by atoms with Crippen molar-refractivity contribution >= 4 is 5.69 Å². The summed E-state index contributed by atoms with van der Waals surface area (Å²) in [5.41, 5.74) is 1.12. The van der Waals surface area contributed by atoms with Crippen LogP contribution >= 0.6 is 0 Å². The minimum atomic E-state index is -0.611. The molecule has 2 heterocycles. The minimum Gasteiger partial charge on any atom is -0.388 e. The van der Waals surface area contributed by atoms with Gasteiger partial charge in [0.25, 0.3) is 0 Å². The number of aromatic nitrogens is 1. The molecule has 0 aromatic carbocycles. The molecule has 2 atom stereocenters. The normalized spacial score (nSPS) is 26.1. The van der Waals surface area contributed by atoms with E-state index in [4.69, 9.17) is 0 Å². The molecule has 1 unspecified atom stereocenters. The third-order valence-corrected chi connectivity index (χ3v) is 3.54. The van der Waals surface area contributed by atoms with Gasteiger partial charge in [-0.15, -0.1) is 0 Å². The van der Waals surface area contributed by atoms with Crippen molar-refractivity contribution in [1.29, 1.82) is 0 Å². The van der Waals surface area contributed by atoms with Crippen LogP contribution in [0.3, 0.4) is 0 Å². The molecule has 4 heteroatoms. The maximum absolute atomic E-state index is 10.1. The second-order valence-electron chi connectivity index (χ2n) is 5.39. The van der Waals surface area contributed by atoms with Crippen molar-refractivity contribution in [1.82, 2.24) is 4.98 Å². The monoisotopic (exact) mass is 250 g/mol. The Bertz CT molecular complexity index is 389. The summed E-state index contributed by atoms with van der Waals surface area (Å²) in [7, 11) is 0. The van der Waals surface area contributed by atoms with E-state index >= 15 is 0 Å². The van der Waals surface area contributed by atoms with Gasteiger partial charge in [0.05, 0.1) is 29.3 Å². The van der Waals surface area contributed by atoms with Crippen LogP contribution in [0.4, 0.5) is 5.69 Å². The molecule has 1 aliphatic rings. The molecule has 100 valence electrons. The highest BCUT2D eigenvalue weighted by atomic mass is 16.3. The second kappa shape index (κ2) is 5.24. The van der Waals surface area contributed by atoms with Gasteiger partial charge in [0, 0.05) is 13.1 Å². The van der Waals surface area contributed by atoms with Crippen molar-refractivity contribution in [2.45, 2.75) is 44.8 Å². The van der Waals surface area contributed by atoms with Crippen molar-refractivity contribution in [2.75, 3.05) is 18.0 Å². The fraction of sp³-hybridized carbons (Fsp3) is 0.643. The molecule has 1 aliphatic heterocycles. The Labute approximate surface area is 108 Å². The molecular formula is C14H22N2O2. The Kier molecular flexibility index (Phi) is 3.88. The Balaban J connectivity index is 2.09. The molecule has 0 spiro atoms. The lowest BCUT2D eigenvalue weighted by molar-refractivity contribution is 0.0449. The van der Waals surface area contributed by atoms with Crippen molar-refractivity contribution in [2.24, 2.45) is 0 Å². The number of aliphatic hydroxyl groups is 2. The molecule has 0 radical (unpaired) electrons. The molecule has 4 nitrogen and oxygen atoms in total. The van der Waals surface area contributed by atoms with Crippen LogP contribution in [-0.4, -0.2) is 33.9 Å². The minimum absolute atomic E-state index is 0.483. The summed E-state index contributed by atoms with van der Waals surface area (Å²) >= 11 is 0. The van der Waals surface area contributed by atoms with Crippen LogP contribution in [0, 0.1) is 0 Å². The topological polar surface area (TPSA) is 56.6 Å². The van der Waals surface area contributed by atoms with Gasteiger partial charge >= 0.3 is 0 Å². The Morgan fingerprint density at radius 1 is 1.50 bits per heavy atom. The van der Waals surface area contributed by atoms with Gasteiger partial charge in [0.1, 0.15) is 0 Å². The molecule has 0 aliphatic carbocycles. The molecule has 0 bridgehead atoms. The largest absolute Gasteiger partial charge is 0.388 e. The van der Waals surface area contributed by atoms with Crippen LogP contribution in [0.2, 0.25) is 0 Å². The van der Waals surface area contributed by atoms with E-state index in [1.807, 2.05) is 26.0 Å². The number of aliphatic hydroxyl groups excluding tert-OH is 1. The number of pyridine rings is 1. The summed E-state index contributed by atoms with van der Waals surface area (Å²) in [6, 6.07) is 3.84. The first-order chi connectivity index (χ1) is 8.52. The van der Waals surface area contributed by atoms with E-state index in [2.05, 4.69) is 9.88 Å². The molecule has 2 rings (SSSR count). The van der Waals surface area contributed by atoms with Gasteiger partial charge in [-0.05, 0) is 38.3 Å². The summed E-state index contributed by atoms with van der Waals surface area (Å²) in [6.07, 6.45) is 3.82. The predicted molar refractivity (Wildman–Crippen MR) is 71.6 cm³/mol. The summed E-state index contributed by atoms with van der Waals surface area (Å²) in [5, 5.41) is 19.8. The fourth-order valence-corrected chi connectivity index (χ4v) is 2.43. The van der Waals surface area contributed by atoms with E-state index in [1.165, 1.54) is 0 Å². The molecule has 1 saturated heterocycles. The van der Waals surface area contributed by atoms with Crippen molar-refractivity contribution < 1.29 is 10.2 Å². The zero-order chi connectivity index (χ0) is 13.2. The predicted octanol–water partition coefficient (Wildman–Crippen LogP) is 1.88. The van der Waals surface area contributed by atoms with E-state index in [0.717, 1.165) is 25.1 Å². The lowest BCUT2D eigenvalue weighted by Crippen LogP contribution is -2.46. The maximum Gasteiger partial charge on any atom is 0.0957 e. The van der Waals surface area contributed by atoms with E-state index in [-0.39, 0.29) is 0 Å². The summed E-state index contributed by atoms with van der Waals surface area (Å²) in [4.78, 5) is 6.45. The Morgan fingerprint density at radius 2 is 2.28 bits per heavy atom. The second-order valence-corrected chi connectivity index (χ2v) is 5.39. The Morgan fingerprint density at radius 3 is 2.83 bits per heavy atom. The summed E-state index contributed by atoms with van der Waals surface area (Å²) in [5.74, 6) is 0. The molecule has 0 saturated carbocycles. The van der Waals surface area contributed by atoms with Crippen LogP contribution in [-0.2, 0) is 0 Å². The van der Waals surface area contributed by atoms with E-state index < -0.39 is 11.7 Å². The first kappa shape index (κ1) is 13.3. The SMILES string of the molecule is CC[C@@H](O)c1ccc(N2CCCC(C)(O)C2)cn1. The average Bonchev–Trinajstić information content (AvgIpc) is 2.37. The lowest BCUT2D eigenvalue weighted by Gasteiger charge is -2.38. The number of β-amino-alcohol motifs (C(OH)–C–C–N with tert-alkyl or cyclic N) is 1. The molecular weight excluding hydrogens is 228 g/mol. The molecule has 1 aromatic rings. The van der Waals surface area contributed by atoms with Crippen molar-refractivity contribution in [3.63, 3.8) is 0 Å². The van der Waals surface area contributed by atoms with E-state index in [1.54, 1.807) is 6.20 Å². The number of piperidine rings is 1. The number of anilines is 1. The van der Waals surface area contributed by atoms with E-state index in [0.29, 0.717) is 18.7 Å². The highest BCUT2D eigenvalue weighted by Gasteiger charge is 2.28. The number of hydrogen-bond donors (Lipinski definition) is 2. The highest BCUT2D eigenvalue weighted by Crippen LogP contribution is 2.26. The van der Waals surface area contributed by atoms with Gasteiger partial charge in [0.2, 0.25) is 0 Å².